The molecular formula is C27H31ClFN5O3. The van der Waals surface area contributed by atoms with Crippen molar-refractivity contribution in [2.45, 2.75) is 45.1 Å². The molecule has 4 rings (SSSR count). The molecular weight excluding hydrogens is 497 g/mol. The van der Waals surface area contributed by atoms with Crippen molar-refractivity contribution in [3.05, 3.63) is 70.6 Å². The maximum atomic E-state index is 14.1. The van der Waals surface area contributed by atoms with Gasteiger partial charge in [0.1, 0.15) is 23.5 Å². The number of halogens is 2. The van der Waals surface area contributed by atoms with Crippen molar-refractivity contribution in [2.75, 3.05) is 23.7 Å². The molecule has 1 aliphatic heterocycles. The largest absolute Gasteiger partial charge is 0.490 e. The van der Waals surface area contributed by atoms with E-state index in [1.54, 1.807) is 40.9 Å². The normalized spacial score (nSPS) is 14.4. The van der Waals surface area contributed by atoms with Gasteiger partial charge in [-0.25, -0.2) is 9.18 Å². The molecule has 2 heterocycles. The molecule has 1 fully saturated rings. The second kappa shape index (κ2) is 10.8. The third kappa shape index (κ3) is 6.40. The van der Waals surface area contributed by atoms with Crippen LogP contribution >= 0.6 is 11.6 Å². The van der Waals surface area contributed by atoms with Crippen molar-refractivity contribution in [2.24, 2.45) is 7.05 Å². The molecule has 0 radical (unpaired) electrons. The number of urea groups is 1. The zero-order valence-corrected chi connectivity index (χ0v) is 22.1. The molecule has 1 saturated heterocycles. The minimum atomic E-state index is -0.617. The second-order valence-electron chi connectivity index (χ2n) is 10.1. The smallest absolute Gasteiger partial charge is 0.324 e. The fourth-order valence-corrected chi connectivity index (χ4v) is 4.32. The summed E-state index contributed by atoms with van der Waals surface area (Å²) in [5.74, 6) is 0.239. The number of hydrogen-bond acceptors (Lipinski definition) is 4. The molecule has 0 saturated carbocycles. The minimum Gasteiger partial charge on any atom is -0.490 e. The monoisotopic (exact) mass is 527 g/mol. The summed E-state index contributed by atoms with van der Waals surface area (Å²) in [5.41, 5.74) is 1.29. The molecule has 1 aromatic heterocycles. The van der Waals surface area contributed by atoms with Crippen LogP contribution in [0.4, 0.5) is 20.7 Å². The Morgan fingerprint density at radius 1 is 1.08 bits per heavy atom. The molecule has 0 atom stereocenters. The molecule has 3 amide bonds. The van der Waals surface area contributed by atoms with Gasteiger partial charge in [-0.15, -0.1) is 0 Å². The molecule has 3 aromatic rings. The van der Waals surface area contributed by atoms with E-state index in [9.17, 15) is 14.0 Å². The molecule has 8 nitrogen and oxygen atoms in total. The van der Waals surface area contributed by atoms with E-state index in [2.05, 4.69) is 36.5 Å². The Kier molecular flexibility index (Phi) is 7.73. The lowest BCUT2D eigenvalue weighted by atomic mass is 9.92. The number of piperidine rings is 1. The summed E-state index contributed by atoms with van der Waals surface area (Å²) in [4.78, 5) is 26.8. The quantitative estimate of drug-likeness (QED) is 0.436. The van der Waals surface area contributed by atoms with Crippen LogP contribution in [0.15, 0.2) is 48.5 Å². The summed E-state index contributed by atoms with van der Waals surface area (Å²) >= 11 is 6.04. The van der Waals surface area contributed by atoms with Crippen LogP contribution in [0, 0.1) is 5.82 Å². The number of benzene rings is 2. The predicted molar refractivity (Wildman–Crippen MR) is 142 cm³/mol. The number of amides is 3. The van der Waals surface area contributed by atoms with E-state index in [4.69, 9.17) is 16.3 Å². The Bertz CT molecular complexity index is 1260. The highest BCUT2D eigenvalue weighted by atomic mass is 35.5. The summed E-state index contributed by atoms with van der Waals surface area (Å²) in [5, 5.41) is 10.2. The number of aromatic nitrogens is 2. The van der Waals surface area contributed by atoms with Crippen LogP contribution < -0.4 is 15.4 Å². The second-order valence-corrected chi connectivity index (χ2v) is 10.5. The Balaban J connectivity index is 1.27. The van der Waals surface area contributed by atoms with Gasteiger partial charge in [-0.3, -0.25) is 14.8 Å². The van der Waals surface area contributed by atoms with Crippen LogP contribution in [0.2, 0.25) is 5.02 Å². The topological polar surface area (TPSA) is 88.5 Å². The van der Waals surface area contributed by atoms with Crippen LogP contribution in [-0.2, 0) is 12.5 Å². The van der Waals surface area contributed by atoms with Crippen LogP contribution in [0.25, 0.3) is 0 Å². The van der Waals surface area contributed by atoms with E-state index in [0.29, 0.717) is 43.2 Å². The third-order valence-electron chi connectivity index (χ3n) is 6.21. The highest BCUT2D eigenvalue weighted by Crippen LogP contribution is 2.26. The number of nitrogens with one attached hydrogen (secondary N) is 2. The average molecular weight is 528 g/mol. The number of nitrogens with zero attached hydrogens (tertiary/aromatic N) is 3. The van der Waals surface area contributed by atoms with Gasteiger partial charge in [0.25, 0.3) is 5.91 Å². The molecule has 196 valence electrons. The lowest BCUT2D eigenvalue weighted by molar-refractivity contribution is 0.0591. The van der Waals surface area contributed by atoms with E-state index >= 15 is 0 Å². The van der Waals surface area contributed by atoms with Gasteiger partial charge in [-0.05, 0) is 36.4 Å². The molecule has 37 heavy (non-hydrogen) atoms. The summed E-state index contributed by atoms with van der Waals surface area (Å²) < 4.78 is 21.8. The molecule has 0 unspecified atom stereocenters. The highest BCUT2D eigenvalue weighted by Gasteiger charge is 2.27. The highest BCUT2D eigenvalue weighted by molar-refractivity contribution is 6.33. The maximum absolute atomic E-state index is 14.1. The van der Waals surface area contributed by atoms with Gasteiger partial charge in [0.15, 0.2) is 0 Å². The van der Waals surface area contributed by atoms with E-state index in [1.165, 1.54) is 18.2 Å². The third-order valence-corrected chi connectivity index (χ3v) is 6.53. The van der Waals surface area contributed by atoms with Crippen LogP contribution in [0.3, 0.4) is 0 Å². The molecule has 1 aliphatic rings. The van der Waals surface area contributed by atoms with Gasteiger partial charge in [0.05, 0.1) is 16.3 Å². The minimum absolute atomic E-state index is 0.0795. The number of carbonyl (C=O) groups excluding carboxylic acids is 2. The summed E-state index contributed by atoms with van der Waals surface area (Å²) in [6.45, 7) is 7.08. The summed E-state index contributed by atoms with van der Waals surface area (Å²) in [7, 11) is 1.78. The SMILES string of the molecule is Cn1nc(C(C)(C)C)cc1NC(=O)Nc1ccc(OC2CCN(C(=O)c3c(F)cccc3Cl)CC2)cc1. The van der Waals surface area contributed by atoms with Gasteiger partial charge in [0.2, 0.25) is 0 Å². The van der Waals surface area contributed by atoms with E-state index in [-0.39, 0.29) is 28.1 Å². The molecule has 2 aromatic carbocycles. The van der Waals surface area contributed by atoms with E-state index < -0.39 is 11.7 Å². The van der Waals surface area contributed by atoms with Gasteiger partial charge in [-0.1, -0.05) is 38.4 Å². The number of ether oxygens (including phenoxy) is 1. The van der Waals surface area contributed by atoms with Crippen LogP contribution in [0.1, 0.15) is 49.7 Å². The van der Waals surface area contributed by atoms with Crippen molar-refractivity contribution >= 4 is 35.0 Å². The van der Waals surface area contributed by atoms with Crippen molar-refractivity contribution in [3.8, 4) is 5.75 Å². The first-order valence-electron chi connectivity index (χ1n) is 12.1. The number of rotatable bonds is 5. The standard InChI is InChI=1S/C27H31ClFN5O3/c1-27(2,3)22-16-23(33(4)32-22)31-26(36)30-17-8-10-18(11-9-17)37-19-12-14-34(15-13-19)25(35)24-20(28)6-5-7-21(24)29/h5-11,16,19H,12-15H2,1-4H3,(H2,30,31,36). The average Bonchev–Trinajstić information content (AvgIpc) is 3.21. The molecule has 2 N–H and O–H groups in total. The molecule has 0 bridgehead atoms. The van der Waals surface area contributed by atoms with Gasteiger partial charge in [-0.2, -0.15) is 5.10 Å². The van der Waals surface area contributed by atoms with Gasteiger partial charge in [0, 0.05) is 50.1 Å². The first kappa shape index (κ1) is 26.5. The zero-order valence-electron chi connectivity index (χ0n) is 21.3. The lowest BCUT2D eigenvalue weighted by Gasteiger charge is -2.32. The zero-order chi connectivity index (χ0) is 26.7. The summed E-state index contributed by atoms with van der Waals surface area (Å²) in [6.07, 6.45) is 1.15. The first-order chi connectivity index (χ1) is 17.5. The summed E-state index contributed by atoms with van der Waals surface area (Å²) in [6, 6.07) is 12.8. The lowest BCUT2D eigenvalue weighted by Crippen LogP contribution is -2.42. The van der Waals surface area contributed by atoms with Gasteiger partial charge < -0.3 is 15.0 Å². The first-order valence-corrected chi connectivity index (χ1v) is 12.5. The Morgan fingerprint density at radius 2 is 1.76 bits per heavy atom. The van der Waals surface area contributed by atoms with Crippen molar-refractivity contribution in [3.63, 3.8) is 0 Å². The Morgan fingerprint density at radius 3 is 2.35 bits per heavy atom. The van der Waals surface area contributed by atoms with Crippen LogP contribution in [-0.4, -0.2) is 45.8 Å². The Hall–Kier alpha value is -3.59. The van der Waals surface area contributed by atoms with E-state index in [1.807, 2.05) is 6.07 Å². The number of likely N-dealkylation sites (tertiary alicyclic amines) is 1. The number of anilines is 2. The number of carbonyl (C=O) groups is 2. The number of hydrogen-bond donors (Lipinski definition) is 2. The number of aryl methyl sites for hydroxylation is 1. The fourth-order valence-electron chi connectivity index (χ4n) is 4.08. The van der Waals surface area contributed by atoms with Crippen molar-refractivity contribution in [1.82, 2.24) is 14.7 Å². The molecule has 0 aliphatic carbocycles. The van der Waals surface area contributed by atoms with Crippen LogP contribution in [0.5, 0.6) is 5.75 Å². The maximum Gasteiger partial charge on any atom is 0.324 e. The van der Waals surface area contributed by atoms with Gasteiger partial charge >= 0.3 is 6.03 Å². The molecule has 0 spiro atoms. The molecule has 10 heteroatoms. The predicted octanol–water partition coefficient (Wildman–Crippen LogP) is 5.84. The van der Waals surface area contributed by atoms with Crippen molar-refractivity contribution in [1.29, 1.82) is 0 Å². The Labute approximate surface area is 220 Å². The van der Waals surface area contributed by atoms with Crippen molar-refractivity contribution < 1.29 is 18.7 Å². The van der Waals surface area contributed by atoms with E-state index in [0.717, 1.165) is 5.69 Å². The fraction of sp³-hybridized carbons (Fsp3) is 0.370.